The Kier molecular flexibility index (Phi) is 5.05. The number of rotatable bonds is 5. The van der Waals surface area contributed by atoms with E-state index in [9.17, 15) is 9.59 Å². The van der Waals surface area contributed by atoms with Gasteiger partial charge in [0.15, 0.2) is 5.69 Å². The highest BCUT2D eigenvalue weighted by molar-refractivity contribution is 7.09. The number of amides is 1. The molecule has 94 valence electrons. The average Bonchev–Trinajstić information content (AvgIpc) is 2.76. The lowest BCUT2D eigenvalue weighted by atomic mass is 10.3. The van der Waals surface area contributed by atoms with Crippen LogP contribution in [0.15, 0.2) is 5.38 Å². The van der Waals surface area contributed by atoms with Crippen molar-refractivity contribution in [3.63, 3.8) is 0 Å². The minimum atomic E-state index is -0.517. The monoisotopic (exact) mass is 257 g/mol. The Bertz CT molecular complexity index is 403. The molecule has 1 aromatic heterocycles. The number of aromatic nitrogens is 1. The number of esters is 1. The van der Waals surface area contributed by atoms with Crippen molar-refractivity contribution in [2.75, 3.05) is 13.7 Å². The van der Waals surface area contributed by atoms with E-state index in [-0.39, 0.29) is 5.91 Å². The molecule has 0 saturated carbocycles. The Morgan fingerprint density at radius 2 is 2.35 bits per heavy atom. The first kappa shape index (κ1) is 13.6. The molecule has 0 fully saturated rings. The second-order valence-electron chi connectivity index (χ2n) is 3.45. The molecule has 3 N–H and O–H groups in total. The maximum absolute atomic E-state index is 11.2. The molecular weight excluding hydrogens is 242 g/mol. The number of carbonyl (C=O) groups is 2. The van der Waals surface area contributed by atoms with E-state index >= 15 is 0 Å². The Morgan fingerprint density at radius 1 is 1.65 bits per heavy atom. The molecular formula is C10H15N3O3S. The Balaban J connectivity index is 2.40. The lowest BCUT2D eigenvalue weighted by molar-refractivity contribution is -0.121. The normalized spacial score (nSPS) is 11.9. The topological polar surface area (TPSA) is 94.3 Å². The average molecular weight is 257 g/mol. The molecule has 1 rings (SSSR count). The maximum Gasteiger partial charge on any atom is 0.357 e. The van der Waals surface area contributed by atoms with Gasteiger partial charge in [0, 0.05) is 18.3 Å². The van der Waals surface area contributed by atoms with Crippen LogP contribution >= 0.6 is 11.3 Å². The highest BCUT2D eigenvalue weighted by Gasteiger charge is 2.11. The third kappa shape index (κ3) is 4.12. The van der Waals surface area contributed by atoms with Crippen LogP contribution in [-0.2, 0) is 16.0 Å². The third-order valence-corrected chi connectivity index (χ3v) is 2.91. The summed E-state index contributed by atoms with van der Waals surface area (Å²) in [6.07, 6.45) is 0.570. The summed E-state index contributed by atoms with van der Waals surface area (Å²) in [6, 6.07) is -0.517. The Hall–Kier alpha value is -1.47. The number of nitrogens with one attached hydrogen (secondary N) is 1. The fraction of sp³-hybridized carbons (Fsp3) is 0.500. The van der Waals surface area contributed by atoms with Crippen molar-refractivity contribution in [3.8, 4) is 0 Å². The van der Waals surface area contributed by atoms with Gasteiger partial charge in [-0.15, -0.1) is 11.3 Å². The van der Waals surface area contributed by atoms with E-state index in [0.717, 1.165) is 5.01 Å². The molecule has 0 aromatic carbocycles. The molecule has 1 heterocycles. The molecule has 0 aliphatic carbocycles. The zero-order valence-electron chi connectivity index (χ0n) is 9.73. The zero-order valence-corrected chi connectivity index (χ0v) is 10.5. The Morgan fingerprint density at radius 3 is 2.94 bits per heavy atom. The van der Waals surface area contributed by atoms with Gasteiger partial charge in [-0.3, -0.25) is 4.79 Å². The Labute approximate surface area is 103 Å². The van der Waals surface area contributed by atoms with Crippen molar-refractivity contribution in [2.45, 2.75) is 19.4 Å². The minimum absolute atomic E-state index is 0.199. The number of ether oxygens (including phenoxy) is 1. The third-order valence-electron chi connectivity index (χ3n) is 2.00. The fourth-order valence-electron chi connectivity index (χ4n) is 1.08. The first-order valence-electron chi connectivity index (χ1n) is 5.10. The number of methoxy groups -OCH3 is 1. The van der Waals surface area contributed by atoms with Crippen LogP contribution in [0.3, 0.4) is 0 Å². The van der Waals surface area contributed by atoms with Crippen LogP contribution in [0.25, 0.3) is 0 Å². The largest absolute Gasteiger partial charge is 0.464 e. The van der Waals surface area contributed by atoms with E-state index in [1.54, 1.807) is 12.3 Å². The quantitative estimate of drug-likeness (QED) is 0.720. The van der Waals surface area contributed by atoms with Gasteiger partial charge in [0.25, 0.3) is 0 Å². The van der Waals surface area contributed by atoms with Crippen molar-refractivity contribution in [3.05, 3.63) is 16.1 Å². The summed E-state index contributed by atoms with van der Waals surface area (Å²) in [4.78, 5) is 26.4. The summed E-state index contributed by atoms with van der Waals surface area (Å²) >= 11 is 1.36. The van der Waals surface area contributed by atoms with Gasteiger partial charge in [-0.05, 0) is 6.92 Å². The van der Waals surface area contributed by atoms with Crippen molar-refractivity contribution < 1.29 is 14.3 Å². The highest BCUT2D eigenvalue weighted by atomic mass is 32.1. The molecule has 6 nitrogen and oxygen atoms in total. The van der Waals surface area contributed by atoms with Crippen molar-refractivity contribution >= 4 is 23.2 Å². The summed E-state index contributed by atoms with van der Waals surface area (Å²) in [5, 5.41) is 5.08. The molecule has 0 aliphatic heterocycles. The smallest absolute Gasteiger partial charge is 0.357 e. The van der Waals surface area contributed by atoms with Crippen LogP contribution in [0.4, 0.5) is 0 Å². The van der Waals surface area contributed by atoms with Crippen molar-refractivity contribution in [1.29, 1.82) is 0 Å². The van der Waals surface area contributed by atoms with E-state index in [4.69, 9.17) is 5.73 Å². The molecule has 7 heteroatoms. The molecule has 0 saturated heterocycles. The first-order valence-corrected chi connectivity index (χ1v) is 5.98. The lowest BCUT2D eigenvalue weighted by Gasteiger charge is -2.05. The van der Waals surface area contributed by atoms with Gasteiger partial charge in [-0.25, -0.2) is 9.78 Å². The predicted octanol–water partition coefficient (Wildman–Crippen LogP) is -0.0644. The first-order chi connectivity index (χ1) is 8.04. The summed E-state index contributed by atoms with van der Waals surface area (Å²) < 4.78 is 4.54. The molecule has 1 unspecified atom stereocenters. The van der Waals surface area contributed by atoms with Gasteiger partial charge in [0.05, 0.1) is 18.2 Å². The molecule has 1 amide bonds. The number of nitrogens with two attached hydrogens (primary N) is 1. The number of hydrogen-bond donors (Lipinski definition) is 2. The van der Waals surface area contributed by atoms with Gasteiger partial charge in [0.2, 0.25) is 5.91 Å². The van der Waals surface area contributed by atoms with Crippen LogP contribution in [0.5, 0.6) is 0 Å². The van der Waals surface area contributed by atoms with E-state index in [1.165, 1.54) is 18.4 Å². The van der Waals surface area contributed by atoms with Gasteiger partial charge in [-0.1, -0.05) is 0 Å². The van der Waals surface area contributed by atoms with Crippen molar-refractivity contribution in [1.82, 2.24) is 10.3 Å². The standard InChI is InChI=1S/C10H15N3O3S/c1-6(11)9(14)12-4-3-8-13-7(5-17-8)10(15)16-2/h5-6H,3-4,11H2,1-2H3,(H,12,14). The number of hydrogen-bond acceptors (Lipinski definition) is 6. The van der Waals surface area contributed by atoms with E-state index in [1.807, 2.05) is 0 Å². The SMILES string of the molecule is COC(=O)c1csc(CCNC(=O)C(C)N)n1. The predicted molar refractivity (Wildman–Crippen MR) is 63.8 cm³/mol. The van der Waals surface area contributed by atoms with E-state index in [2.05, 4.69) is 15.0 Å². The maximum atomic E-state index is 11.2. The highest BCUT2D eigenvalue weighted by Crippen LogP contribution is 2.10. The van der Waals surface area contributed by atoms with Gasteiger partial charge in [0.1, 0.15) is 0 Å². The summed E-state index contributed by atoms with van der Waals surface area (Å²) in [6.45, 7) is 2.07. The molecule has 0 aliphatic rings. The molecule has 0 bridgehead atoms. The van der Waals surface area contributed by atoms with Crippen molar-refractivity contribution in [2.24, 2.45) is 5.73 Å². The minimum Gasteiger partial charge on any atom is -0.464 e. The molecule has 1 aromatic rings. The van der Waals surface area contributed by atoms with Crippen LogP contribution in [0.1, 0.15) is 22.4 Å². The van der Waals surface area contributed by atoms with Crippen LogP contribution < -0.4 is 11.1 Å². The van der Waals surface area contributed by atoms with Gasteiger partial charge in [-0.2, -0.15) is 0 Å². The lowest BCUT2D eigenvalue weighted by Crippen LogP contribution is -2.39. The molecule has 0 radical (unpaired) electrons. The molecule has 17 heavy (non-hydrogen) atoms. The van der Waals surface area contributed by atoms with E-state index in [0.29, 0.717) is 18.7 Å². The molecule has 0 spiro atoms. The van der Waals surface area contributed by atoms with Gasteiger partial charge >= 0.3 is 5.97 Å². The van der Waals surface area contributed by atoms with Gasteiger partial charge < -0.3 is 15.8 Å². The fourth-order valence-corrected chi connectivity index (χ4v) is 1.85. The second kappa shape index (κ2) is 6.31. The number of carbonyl (C=O) groups excluding carboxylic acids is 2. The summed E-state index contributed by atoms with van der Waals surface area (Å²) in [5.74, 6) is -0.651. The van der Waals surface area contributed by atoms with E-state index < -0.39 is 12.0 Å². The molecule has 1 atom stereocenters. The summed E-state index contributed by atoms with van der Waals surface area (Å²) in [7, 11) is 1.31. The van der Waals surface area contributed by atoms with Crippen LogP contribution in [0.2, 0.25) is 0 Å². The van der Waals surface area contributed by atoms with Crippen LogP contribution in [-0.4, -0.2) is 36.6 Å². The summed E-state index contributed by atoms with van der Waals surface area (Å²) in [5.41, 5.74) is 5.69. The number of nitrogens with zero attached hydrogens (tertiary/aromatic N) is 1. The number of thiazole rings is 1. The van der Waals surface area contributed by atoms with Crippen LogP contribution in [0, 0.1) is 0 Å². The second-order valence-corrected chi connectivity index (χ2v) is 4.39. The zero-order chi connectivity index (χ0) is 12.8.